The largest absolute Gasteiger partial charge is 0.341 e. The Morgan fingerprint density at radius 2 is 1.70 bits per heavy atom. The van der Waals surface area contributed by atoms with Crippen LogP contribution in [0.15, 0.2) is 60.7 Å². The third-order valence-corrected chi connectivity index (χ3v) is 8.65. The summed E-state index contributed by atoms with van der Waals surface area (Å²) in [5.41, 5.74) is 2.80. The Kier molecular flexibility index (Phi) is 7.54. The van der Waals surface area contributed by atoms with Crippen LogP contribution in [0.5, 0.6) is 0 Å². The molecule has 3 aromatic rings. The first-order valence-electron chi connectivity index (χ1n) is 12.1. The number of rotatable bonds is 7. The number of nitrogens with zero attached hydrogens (tertiary/aromatic N) is 3. The topological polar surface area (TPSA) is 102 Å². The van der Waals surface area contributed by atoms with Gasteiger partial charge in [0.1, 0.15) is 6.04 Å². The summed E-state index contributed by atoms with van der Waals surface area (Å²) in [5, 5.41) is 7.71. The number of nitrogens with one attached hydrogen (secondary N) is 2. The molecule has 10 heteroatoms. The smallest absolute Gasteiger partial charge is 0.303 e. The molecule has 2 N–H and O–H groups in total. The average molecular weight is 524 g/mol. The van der Waals surface area contributed by atoms with Gasteiger partial charge in [0.2, 0.25) is 5.91 Å². The van der Waals surface area contributed by atoms with Gasteiger partial charge in [-0.3, -0.25) is 13.9 Å². The fraction of sp³-hybridized carbons (Fsp3) is 0.333. The first kappa shape index (κ1) is 26.6. The molecular weight excluding hydrogens is 490 g/mol. The fourth-order valence-corrected chi connectivity index (χ4v) is 5.61. The average Bonchev–Trinajstić information content (AvgIpc) is 3.00. The Bertz CT molecular complexity index is 1440. The predicted molar refractivity (Wildman–Crippen MR) is 147 cm³/mol. The van der Waals surface area contributed by atoms with Crippen molar-refractivity contribution in [2.24, 2.45) is 0 Å². The molecule has 1 aliphatic heterocycles. The van der Waals surface area contributed by atoms with E-state index in [0.717, 1.165) is 26.2 Å². The Labute approximate surface area is 218 Å². The lowest BCUT2D eigenvalue weighted by Gasteiger charge is -2.29. The molecule has 196 valence electrons. The van der Waals surface area contributed by atoms with Gasteiger partial charge in [0, 0.05) is 14.1 Å². The summed E-state index contributed by atoms with van der Waals surface area (Å²) in [6.07, 6.45) is 0. The molecule has 0 bridgehead atoms. The minimum Gasteiger partial charge on any atom is -0.341 e. The molecule has 0 saturated heterocycles. The number of hydrogen-bond acceptors (Lipinski definition) is 5. The van der Waals surface area contributed by atoms with Crippen molar-refractivity contribution >= 4 is 44.2 Å². The van der Waals surface area contributed by atoms with Crippen LogP contribution >= 0.6 is 0 Å². The monoisotopic (exact) mass is 523 g/mol. The zero-order valence-electron chi connectivity index (χ0n) is 21.7. The van der Waals surface area contributed by atoms with E-state index in [-0.39, 0.29) is 19.0 Å². The highest BCUT2D eigenvalue weighted by Gasteiger charge is 2.40. The summed E-state index contributed by atoms with van der Waals surface area (Å²) in [4.78, 5) is 28.5. The third kappa shape index (κ3) is 5.04. The van der Waals surface area contributed by atoms with Gasteiger partial charge in [-0.15, -0.1) is 0 Å². The molecule has 37 heavy (non-hydrogen) atoms. The molecule has 2 atom stereocenters. The van der Waals surface area contributed by atoms with Crippen LogP contribution in [0.4, 0.5) is 11.4 Å². The van der Waals surface area contributed by atoms with Crippen molar-refractivity contribution in [1.29, 1.82) is 0 Å². The van der Waals surface area contributed by atoms with Crippen LogP contribution in [0, 0.1) is 6.92 Å². The number of amides is 2. The lowest BCUT2D eigenvalue weighted by Crippen LogP contribution is -2.56. The van der Waals surface area contributed by atoms with Crippen LogP contribution in [-0.4, -0.2) is 64.3 Å². The number of likely N-dealkylation sites (N-methyl/N-ethyl adjacent to an activating group) is 1. The van der Waals surface area contributed by atoms with Crippen LogP contribution in [-0.2, 0) is 26.3 Å². The van der Waals surface area contributed by atoms with E-state index >= 15 is 0 Å². The number of fused-ring (bicyclic) bond motifs is 2. The second-order valence-electron chi connectivity index (χ2n) is 9.39. The maximum absolute atomic E-state index is 14.1. The second kappa shape index (κ2) is 10.5. The van der Waals surface area contributed by atoms with Gasteiger partial charge in [-0.1, -0.05) is 48.5 Å². The third-order valence-electron chi connectivity index (χ3n) is 6.83. The molecule has 3 aromatic carbocycles. The van der Waals surface area contributed by atoms with Gasteiger partial charge in [-0.25, -0.2) is 0 Å². The molecule has 0 fully saturated rings. The van der Waals surface area contributed by atoms with Gasteiger partial charge >= 0.3 is 10.2 Å². The van der Waals surface area contributed by atoms with Gasteiger partial charge in [0.05, 0.1) is 30.5 Å². The molecule has 4 rings (SSSR count). The summed E-state index contributed by atoms with van der Waals surface area (Å²) in [5.74, 6) is -0.775. The molecule has 2 unspecified atom stereocenters. The molecule has 0 spiro atoms. The van der Waals surface area contributed by atoms with Gasteiger partial charge in [0.25, 0.3) is 5.91 Å². The summed E-state index contributed by atoms with van der Waals surface area (Å²) in [6, 6.07) is 17.3. The molecular formula is C27H33N5O4S. The number of anilines is 2. The molecule has 1 aliphatic rings. The number of para-hydroxylation sites is 2. The zero-order valence-corrected chi connectivity index (χ0v) is 22.5. The first-order valence-corrected chi connectivity index (χ1v) is 13.5. The molecule has 0 aromatic heterocycles. The van der Waals surface area contributed by atoms with E-state index in [1.807, 2.05) is 43.3 Å². The van der Waals surface area contributed by atoms with E-state index in [1.165, 1.54) is 18.4 Å². The van der Waals surface area contributed by atoms with Gasteiger partial charge in [0.15, 0.2) is 0 Å². The van der Waals surface area contributed by atoms with Crippen molar-refractivity contribution in [1.82, 2.24) is 14.9 Å². The minimum atomic E-state index is -3.97. The molecule has 1 heterocycles. The van der Waals surface area contributed by atoms with E-state index in [9.17, 15) is 18.0 Å². The Balaban J connectivity index is 1.89. The Morgan fingerprint density at radius 1 is 1.05 bits per heavy atom. The van der Waals surface area contributed by atoms with Crippen LogP contribution in [0.1, 0.15) is 18.1 Å². The normalized spacial score (nSPS) is 17.0. The standard InChI is InChI=1S/C27H33N5O4S/c1-18-14-15-20-10-6-7-11-21(20)22(18)16-31-24-12-8-9-13-25(24)32(37(35,36)30(4)5)17-23(27(31)34)29-26(33)19(2)28-3/h6-15,19,23,28H,16-17H2,1-5H3,(H,29,33). The maximum Gasteiger partial charge on any atom is 0.303 e. The van der Waals surface area contributed by atoms with Crippen LogP contribution in [0.2, 0.25) is 0 Å². The molecule has 9 nitrogen and oxygen atoms in total. The highest BCUT2D eigenvalue weighted by molar-refractivity contribution is 7.90. The van der Waals surface area contributed by atoms with E-state index in [0.29, 0.717) is 11.4 Å². The number of benzene rings is 3. The van der Waals surface area contributed by atoms with E-state index in [4.69, 9.17) is 0 Å². The maximum atomic E-state index is 14.1. The lowest BCUT2D eigenvalue weighted by molar-refractivity contribution is -0.128. The van der Waals surface area contributed by atoms with Crippen molar-refractivity contribution in [3.63, 3.8) is 0 Å². The summed E-state index contributed by atoms with van der Waals surface area (Å²) in [6.45, 7) is 3.65. The molecule has 0 radical (unpaired) electrons. The Hall–Kier alpha value is -3.47. The number of carbonyl (C=O) groups is 2. The van der Waals surface area contributed by atoms with Crippen molar-refractivity contribution < 1.29 is 18.0 Å². The van der Waals surface area contributed by atoms with Crippen molar-refractivity contribution in [3.05, 3.63) is 71.8 Å². The van der Waals surface area contributed by atoms with E-state index in [2.05, 4.69) is 10.6 Å². The molecule has 2 amide bonds. The second-order valence-corrected chi connectivity index (χ2v) is 11.5. The molecule has 0 saturated carbocycles. The number of carbonyl (C=O) groups excluding carboxylic acids is 2. The van der Waals surface area contributed by atoms with Crippen LogP contribution in [0.25, 0.3) is 10.8 Å². The Morgan fingerprint density at radius 3 is 2.38 bits per heavy atom. The number of hydrogen-bond donors (Lipinski definition) is 2. The summed E-state index contributed by atoms with van der Waals surface area (Å²) < 4.78 is 29.1. The fourth-order valence-electron chi connectivity index (χ4n) is 4.48. The minimum absolute atomic E-state index is 0.215. The van der Waals surface area contributed by atoms with Crippen LogP contribution < -0.4 is 19.8 Å². The quantitative estimate of drug-likeness (QED) is 0.495. The molecule has 0 aliphatic carbocycles. The highest BCUT2D eigenvalue weighted by Crippen LogP contribution is 2.37. The van der Waals surface area contributed by atoms with Gasteiger partial charge < -0.3 is 15.5 Å². The highest BCUT2D eigenvalue weighted by atomic mass is 32.2. The summed E-state index contributed by atoms with van der Waals surface area (Å²) in [7, 11) is 0.559. The SMILES string of the molecule is CNC(C)C(=O)NC1CN(S(=O)(=O)N(C)C)c2ccccc2N(Cc2c(C)ccc3ccccc23)C1=O. The van der Waals surface area contributed by atoms with E-state index < -0.39 is 28.2 Å². The first-order chi connectivity index (χ1) is 17.6. The van der Waals surface area contributed by atoms with Crippen molar-refractivity contribution in [2.75, 3.05) is 36.9 Å². The van der Waals surface area contributed by atoms with Gasteiger partial charge in [-0.05, 0) is 54.9 Å². The lowest BCUT2D eigenvalue weighted by atomic mass is 9.99. The van der Waals surface area contributed by atoms with E-state index in [1.54, 1.807) is 43.1 Å². The number of aryl methyl sites for hydroxylation is 1. The zero-order chi connectivity index (χ0) is 26.9. The predicted octanol–water partition coefficient (Wildman–Crippen LogP) is 2.40. The summed E-state index contributed by atoms with van der Waals surface area (Å²) >= 11 is 0. The van der Waals surface area contributed by atoms with Gasteiger partial charge in [-0.2, -0.15) is 12.7 Å². The van der Waals surface area contributed by atoms with Crippen molar-refractivity contribution in [3.8, 4) is 0 Å². The van der Waals surface area contributed by atoms with Crippen molar-refractivity contribution in [2.45, 2.75) is 32.5 Å². The van der Waals surface area contributed by atoms with Crippen LogP contribution in [0.3, 0.4) is 0 Å².